The molecule has 0 aliphatic carbocycles. The number of nitrogens with one attached hydrogen (secondary N) is 1. The van der Waals surface area contributed by atoms with Crippen LogP contribution in [0.15, 0.2) is 39.4 Å². The number of nitrogens with zero attached hydrogens (tertiary/aromatic N) is 1. The highest BCUT2D eigenvalue weighted by atomic mass is 16.4. The molecule has 0 amide bonds. The fourth-order valence-corrected chi connectivity index (χ4v) is 1.91. The maximum Gasteiger partial charge on any atom is 0.295 e. The SMILES string of the molecule is CNc1nc(-c2coc3ccccc23)c(C)o1. The zero-order valence-corrected chi connectivity index (χ0v) is 9.65. The van der Waals surface area contributed by atoms with Gasteiger partial charge in [-0.25, -0.2) is 0 Å². The van der Waals surface area contributed by atoms with E-state index in [2.05, 4.69) is 10.3 Å². The van der Waals surface area contributed by atoms with Crippen molar-refractivity contribution in [2.45, 2.75) is 6.92 Å². The zero-order chi connectivity index (χ0) is 11.8. The van der Waals surface area contributed by atoms with Gasteiger partial charge in [-0.05, 0) is 13.0 Å². The fraction of sp³-hybridized carbons (Fsp3) is 0.154. The molecule has 86 valence electrons. The lowest BCUT2D eigenvalue weighted by atomic mass is 10.1. The van der Waals surface area contributed by atoms with Gasteiger partial charge >= 0.3 is 0 Å². The minimum atomic E-state index is 0.516. The monoisotopic (exact) mass is 228 g/mol. The van der Waals surface area contributed by atoms with Crippen molar-refractivity contribution in [1.29, 1.82) is 0 Å². The van der Waals surface area contributed by atoms with Crippen molar-refractivity contribution < 1.29 is 8.83 Å². The number of hydrogen-bond acceptors (Lipinski definition) is 4. The van der Waals surface area contributed by atoms with Crippen LogP contribution in [0.1, 0.15) is 5.76 Å². The molecule has 0 saturated carbocycles. The number of oxazole rings is 1. The number of anilines is 1. The second-order valence-electron chi connectivity index (χ2n) is 3.82. The van der Waals surface area contributed by atoms with Gasteiger partial charge in [-0.1, -0.05) is 18.2 Å². The highest BCUT2D eigenvalue weighted by molar-refractivity contribution is 5.93. The van der Waals surface area contributed by atoms with Crippen molar-refractivity contribution in [2.75, 3.05) is 12.4 Å². The third-order valence-electron chi connectivity index (χ3n) is 2.75. The number of benzene rings is 1. The standard InChI is InChI=1S/C13H12N2O2/c1-8-12(15-13(14-2)17-8)10-7-16-11-6-4-3-5-9(10)11/h3-7H,1-2H3,(H,14,15). The molecule has 0 radical (unpaired) electrons. The van der Waals surface area contributed by atoms with Crippen molar-refractivity contribution in [3.8, 4) is 11.3 Å². The Morgan fingerprint density at radius 1 is 1.24 bits per heavy atom. The number of fused-ring (bicyclic) bond motifs is 1. The summed E-state index contributed by atoms with van der Waals surface area (Å²) in [5, 5.41) is 3.94. The molecule has 17 heavy (non-hydrogen) atoms. The Bertz CT molecular complexity index is 667. The van der Waals surface area contributed by atoms with E-state index in [1.165, 1.54) is 0 Å². The average molecular weight is 228 g/mol. The molecule has 0 atom stereocenters. The topological polar surface area (TPSA) is 51.2 Å². The molecule has 3 aromatic rings. The number of para-hydroxylation sites is 1. The van der Waals surface area contributed by atoms with E-state index < -0.39 is 0 Å². The van der Waals surface area contributed by atoms with Gasteiger partial charge in [-0.3, -0.25) is 0 Å². The van der Waals surface area contributed by atoms with Gasteiger partial charge in [-0.2, -0.15) is 4.98 Å². The van der Waals surface area contributed by atoms with E-state index >= 15 is 0 Å². The van der Waals surface area contributed by atoms with E-state index in [-0.39, 0.29) is 0 Å². The first-order valence-corrected chi connectivity index (χ1v) is 5.41. The molecule has 0 bridgehead atoms. The zero-order valence-electron chi connectivity index (χ0n) is 9.65. The van der Waals surface area contributed by atoms with Crippen LogP contribution < -0.4 is 5.32 Å². The number of aryl methyl sites for hydroxylation is 1. The van der Waals surface area contributed by atoms with Gasteiger partial charge in [-0.15, -0.1) is 0 Å². The van der Waals surface area contributed by atoms with E-state index in [1.54, 1.807) is 13.3 Å². The molecule has 0 aliphatic rings. The molecule has 0 aliphatic heterocycles. The summed E-state index contributed by atoms with van der Waals surface area (Å²) in [6.07, 6.45) is 1.72. The van der Waals surface area contributed by atoms with Crippen molar-refractivity contribution in [3.63, 3.8) is 0 Å². The molecule has 0 unspecified atom stereocenters. The molecule has 1 N–H and O–H groups in total. The molecule has 0 spiro atoms. The molecule has 3 rings (SSSR count). The number of furan rings is 1. The van der Waals surface area contributed by atoms with Crippen LogP contribution in [0.5, 0.6) is 0 Å². The van der Waals surface area contributed by atoms with Crippen LogP contribution in [0.2, 0.25) is 0 Å². The predicted molar refractivity (Wildman–Crippen MR) is 66.0 cm³/mol. The minimum absolute atomic E-state index is 0.516. The van der Waals surface area contributed by atoms with Crippen LogP contribution in [0.25, 0.3) is 22.2 Å². The average Bonchev–Trinajstić information content (AvgIpc) is 2.92. The first-order valence-electron chi connectivity index (χ1n) is 5.41. The Labute approximate surface area is 98.3 Å². The Kier molecular flexibility index (Phi) is 2.14. The summed E-state index contributed by atoms with van der Waals surface area (Å²) in [5.74, 6) is 0.779. The maximum atomic E-state index is 5.50. The molecule has 0 saturated heterocycles. The lowest BCUT2D eigenvalue weighted by Crippen LogP contribution is -1.86. The van der Waals surface area contributed by atoms with Crippen molar-refractivity contribution in [1.82, 2.24) is 4.98 Å². The van der Waals surface area contributed by atoms with Gasteiger partial charge in [0.1, 0.15) is 23.3 Å². The summed E-state index contributed by atoms with van der Waals surface area (Å²) < 4.78 is 11.0. The first-order chi connectivity index (χ1) is 8.29. The van der Waals surface area contributed by atoms with Crippen LogP contribution in [-0.2, 0) is 0 Å². The summed E-state index contributed by atoms with van der Waals surface area (Å²) in [6.45, 7) is 1.89. The summed E-state index contributed by atoms with van der Waals surface area (Å²) in [4.78, 5) is 4.38. The van der Waals surface area contributed by atoms with Gasteiger partial charge in [0.25, 0.3) is 6.01 Å². The molecule has 1 aromatic carbocycles. The summed E-state index contributed by atoms with van der Waals surface area (Å²) >= 11 is 0. The lowest BCUT2D eigenvalue weighted by Gasteiger charge is -1.92. The van der Waals surface area contributed by atoms with Crippen LogP contribution in [0.4, 0.5) is 6.01 Å². The predicted octanol–water partition coefficient (Wildman–Crippen LogP) is 3.44. The third kappa shape index (κ3) is 1.49. The Balaban J connectivity index is 2.23. The largest absolute Gasteiger partial charge is 0.464 e. The van der Waals surface area contributed by atoms with Crippen molar-refractivity contribution >= 4 is 17.0 Å². The van der Waals surface area contributed by atoms with Gasteiger partial charge in [0.2, 0.25) is 0 Å². The molecule has 4 heteroatoms. The first kappa shape index (κ1) is 9.96. The van der Waals surface area contributed by atoms with E-state index in [0.29, 0.717) is 6.01 Å². The smallest absolute Gasteiger partial charge is 0.295 e. The van der Waals surface area contributed by atoms with Crippen LogP contribution in [-0.4, -0.2) is 12.0 Å². The van der Waals surface area contributed by atoms with Crippen LogP contribution in [0.3, 0.4) is 0 Å². The normalized spacial score (nSPS) is 10.9. The van der Waals surface area contributed by atoms with Gasteiger partial charge in [0.15, 0.2) is 0 Å². The van der Waals surface area contributed by atoms with Crippen molar-refractivity contribution in [2.24, 2.45) is 0 Å². The number of hydrogen-bond donors (Lipinski definition) is 1. The summed E-state index contributed by atoms with van der Waals surface area (Å²) in [5.41, 5.74) is 2.64. The molecule has 2 aromatic heterocycles. The quantitative estimate of drug-likeness (QED) is 0.730. The Morgan fingerprint density at radius 3 is 2.82 bits per heavy atom. The van der Waals surface area contributed by atoms with Gasteiger partial charge in [0, 0.05) is 18.0 Å². The molecular weight excluding hydrogens is 216 g/mol. The van der Waals surface area contributed by atoms with E-state index in [9.17, 15) is 0 Å². The highest BCUT2D eigenvalue weighted by Gasteiger charge is 2.15. The van der Waals surface area contributed by atoms with Crippen LogP contribution in [0, 0.1) is 6.92 Å². The van der Waals surface area contributed by atoms with E-state index in [1.807, 2.05) is 31.2 Å². The van der Waals surface area contributed by atoms with Crippen molar-refractivity contribution in [3.05, 3.63) is 36.3 Å². The molecular formula is C13H12N2O2. The summed E-state index contributed by atoms with van der Waals surface area (Å²) in [6, 6.07) is 8.40. The van der Waals surface area contributed by atoms with E-state index in [4.69, 9.17) is 8.83 Å². The second-order valence-corrected chi connectivity index (χ2v) is 3.82. The third-order valence-corrected chi connectivity index (χ3v) is 2.75. The second kappa shape index (κ2) is 3.66. The number of aromatic nitrogens is 1. The molecule has 2 heterocycles. The minimum Gasteiger partial charge on any atom is -0.464 e. The number of rotatable bonds is 2. The molecule has 4 nitrogen and oxygen atoms in total. The maximum absolute atomic E-state index is 5.50. The van der Waals surface area contributed by atoms with E-state index in [0.717, 1.165) is 28.0 Å². The van der Waals surface area contributed by atoms with Gasteiger partial charge < -0.3 is 14.2 Å². The fourth-order valence-electron chi connectivity index (χ4n) is 1.91. The summed E-state index contributed by atoms with van der Waals surface area (Å²) in [7, 11) is 1.78. The Hall–Kier alpha value is -2.23. The highest BCUT2D eigenvalue weighted by Crippen LogP contribution is 2.32. The lowest BCUT2D eigenvalue weighted by molar-refractivity contribution is 0.544. The Morgan fingerprint density at radius 2 is 2.06 bits per heavy atom. The van der Waals surface area contributed by atoms with Crippen LogP contribution >= 0.6 is 0 Å². The van der Waals surface area contributed by atoms with Gasteiger partial charge in [0.05, 0.1) is 0 Å². The molecule has 0 fully saturated rings.